The lowest BCUT2D eigenvalue weighted by Gasteiger charge is -2.29. The van der Waals surface area contributed by atoms with Crippen molar-refractivity contribution in [2.24, 2.45) is 0 Å². The Labute approximate surface area is 136 Å². The van der Waals surface area contributed by atoms with Crippen LogP contribution < -0.4 is 5.32 Å². The highest BCUT2D eigenvalue weighted by molar-refractivity contribution is 8.00. The topological polar surface area (TPSA) is 49.4 Å². The van der Waals surface area contributed by atoms with Crippen LogP contribution in [0.3, 0.4) is 0 Å². The van der Waals surface area contributed by atoms with E-state index in [0.717, 1.165) is 17.9 Å². The molecule has 0 saturated carbocycles. The molecule has 2 rings (SSSR count). The van der Waals surface area contributed by atoms with Crippen LogP contribution in [0, 0.1) is 0 Å². The first-order chi connectivity index (χ1) is 9.95. The fraction of sp³-hybridized carbons (Fsp3) is 0.571. The SMILES string of the molecule is CCNCc1cc(S(=O)(=O)N2CCSC(C)C2)ccc1Cl. The van der Waals surface area contributed by atoms with Crippen LogP contribution in [-0.4, -0.2) is 43.4 Å². The molecule has 1 aromatic rings. The molecular weight excluding hydrogens is 328 g/mol. The monoisotopic (exact) mass is 348 g/mol. The second-order valence-corrected chi connectivity index (χ2v) is 8.97. The van der Waals surface area contributed by atoms with E-state index in [1.54, 1.807) is 22.5 Å². The van der Waals surface area contributed by atoms with Crippen LogP contribution in [0.1, 0.15) is 19.4 Å². The van der Waals surface area contributed by atoms with Gasteiger partial charge in [-0.05, 0) is 30.3 Å². The standard InChI is InChI=1S/C14H21ClN2O2S2/c1-3-16-9-12-8-13(4-5-14(12)15)21(18,19)17-6-7-20-11(2)10-17/h4-5,8,11,16H,3,6-7,9-10H2,1-2H3. The Morgan fingerprint density at radius 2 is 2.24 bits per heavy atom. The summed E-state index contributed by atoms with van der Waals surface area (Å²) in [7, 11) is -3.43. The van der Waals surface area contributed by atoms with Gasteiger partial charge in [0.2, 0.25) is 10.0 Å². The Bertz CT molecular complexity index is 593. The number of nitrogens with zero attached hydrogens (tertiary/aromatic N) is 1. The highest BCUT2D eigenvalue weighted by Crippen LogP contribution is 2.26. The van der Waals surface area contributed by atoms with Gasteiger partial charge in [-0.3, -0.25) is 0 Å². The molecule has 0 aliphatic carbocycles. The molecule has 0 spiro atoms. The maximum Gasteiger partial charge on any atom is 0.243 e. The predicted octanol–water partition coefficient (Wildman–Crippen LogP) is 2.58. The summed E-state index contributed by atoms with van der Waals surface area (Å²) in [5.74, 6) is 0.845. The summed E-state index contributed by atoms with van der Waals surface area (Å²) in [5.41, 5.74) is 0.819. The minimum Gasteiger partial charge on any atom is -0.313 e. The molecule has 4 nitrogen and oxygen atoms in total. The van der Waals surface area contributed by atoms with Crippen molar-refractivity contribution in [1.29, 1.82) is 0 Å². The van der Waals surface area contributed by atoms with Gasteiger partial charge in [-0.15, -0.1) is 0 Å². The molecule has 1 aromatic carbocycles. The van der Waals surface area contributed by atoms with Gasteiger partial charge in [-0.25, -0.2) is 8.42 Å². The lowest BCUT2D eigenvalue weighted by atomic mass is 10.2. The van der Waals surface area contributed by atoms with Crippen LogP contribution in [0.2, 0.25) is 5.02 Å². The van der Waals surface area contributed by atoms with E-state index in [1.807, 2.05) is 18.7 Å². The van der Waals surface area contributed by atoms with Gasteiger partial charge in [0.15, 0.2) is 0 Å². The summed E-state index contributed by atoms with van der Waals surface area (Å²) in [4.78, 5) is 0.332. The number of benzene rings is 1. The number of thioether (sulfide) groups is 1. The summed E-state index contributed by atoms with van der Waals surface area (Å²) in [6.07, 6.45) is 0. The van der Waals surface area contributed by atoms with E-state index in [2.05, 4.69) is 12.2 Å². The first kappa shape index (κ1) is 17.1. The number of sulfonamides is 1. The molecule has 1 unspecified atom stereocenters. The molecule has 118 valence electrons. The van der Waals surface area contributed by atoms with Crippen LogP contribution in [0.25, 0.3) is 0 Å². The highest BCUT2D eigenvalue weighted by atomic mass is 35.5. The summed E-state index contributed by atoms with van der Waals surface area (Å²) in [6.45, 7) is 6.59. The van der Waals surface area contributed by atoms with Gasteiger partial charge < -0.3 is 5.32 Å². The van der Waals surface area contributed by atoms with Gasteiger partial charge in [0.1, 0.15) is 0 Å². The van der Waals surface area contributed by atoms with Crippen LogP contribution >= 0.6 is 23.4 Å². The maximum absolute atomic E-state index is 12.7. The molecular formula is C14H21ClN2O2S2. The van der Waals surface area contributed by atoms with Gasteiger partial charge in [0.05, 0.1) is 4.90 Å². The van der Waals surface area contributed by atoms with Crippen LogP contribution in [0.15, 0.2) is 23.1 Å². The Morgan fingerprint density at radius 3 is 2.90 bits per heavy atom. The molecule has 0 aromatic heterocycles. The Kier molecular flexibility index (Phi) is 5.96. The summed E-state index contributed by atoms with van der Waals surface area (Å²) >= 11 is 7.95. The van der Waals surface area contributed by atoms with E-state index >= 15 is 0 Å². The highest BCUT2D eigenvalue weighted by Gasteiger charge is 2.29. The van der Waals surface area contributed by atoms with Crippen molar-refractivity contribution in [3.05, 3.63) is 28.8 Å². The minimum absolute atomic E-state index is 0.332. The normalized spacial score (nSPS) is 20.6. The Balaban J connectivity index is 2.27. The van der Waals surface area contributed by atoms with Crippen molar-refractivity contribution in [3.8, 4) is 0 Å². The van der Waals surface area contributed by atoms with Crippen LogP contribution in [0.5, 0.6) is 0 Å². The summed E-state index contributed by atoms with van der Waals surface area (Å²) < 4.78 is 27.0. The van der Waals surface area contributed by atoms with Crippen LogP contribution in [0.4, 0.5) is 0 Å². The van der Waals surface area contributed by atoms with E-state index < -0.39 is 10.0 Å². The zero-order chi connectivity index (χ0) is 15.5. The van der Waals surface area contributed by atoms with E-state index in [1.165, 1.54) is 0 Å². The van der Waals surface area contributed by atoms with Crippen molar-refractivity contribution in [3.63, 3.8) is 0 Å². The molecule has 1 N–H and O–H groups in total. The van der Waals surface area contributed by atoms with Crippen molar-refractivity contribution in [2.45, 2.75) is 30.5 Å². The third-order valence-electron chi connectivity index (χ3n) is 3.42. The fourth-order valence-electron chi connectivity index (χ4n) is 2.26. The average molecular weight is 349 g/mol. The quantitative estimate of drug-likeness (QED) is 0.888. The number of rotatable bonds is 5. The third-order valence-corrected chi connectivity index (χ3v) is 6.79. The zero-order valence-corrected chi connectivity index (χ0v) is 14.7. The zero-order valence-electron chi connectivity index (χ0n) is 12.3. The predicted molar refractivity (Wildman–Crippen MR) is 89.5 cm³/mol. The van der Waals surface area contributed by atoms with Crippen molar-refractivity contribution in [2.75, 3.05) is 25.4 Å². The van der Waals surface area contributed by atoms with Crippen molar-refractivity contribution < 1.29 is 8.42 Å². The largest absolute Gasteiger partial charge is 0.313 e. The minimum atomic E-state index is -3.43. The molecule has 21 heavy (non-hydrogen) atoms. The third kappa shape index (κ3) is 4.13. The fourth-order valence-corrected chi connectivity index (χ4v) is 5.25. The molecule has 0 radical (unpaired) electrons. The van der Waals surface area contributed by atoms with E-state index in [9.17, 15) is 8.42 Å². The van der Waals surface area contributed by atoms with Gasteiger partial charge in [-0.2, -0.15) is 16.1 Å². The number of hydrogen-bond acceptors (Lipinski definition) is 4. The average Bonchev–Trinajstić information content (AvgIpc) is 2.46. The van der Waals surface area contributed by atoms with Crippen molar-refractivity contribution >= 4 is 33.4 Å². The molecule has 1 atom stereocenters. The Morgan fingerprint density at radius 1 is 1.48 bits per heavy atom. The lowest BCUT2D eigenvalue weighted by Crippen LogP contribution is -2.40. The molecule has 1 heterocycles. The Hall–Kier alpha value is -0.270. The number of halogens is 1. The molecule has 0 bridgehead atoms. The van der Waals surface area contributed by atoms with Gasteiger partial charge in [0.25, 0.3) is 0 Å². The summed E-state index contributed by atoms with van der Waals surface area (Å²) in [5, 5.41) is 4.10. The van der Waals surface area contributed by atoms with Gasteiger partial charge in [-0.1, -0.05) is 25.4 Å². The van der Waals surface area contributed by atoms with E-state index in [0.29, 0.717) is 34.8 Å². The number of hydrogen-bond donors (Lipinski definition) is 1. The summed E-state index contributed by atoms with van der Waals surface area (Å²) in [6, 6.07) is 4.95. The van der Waals surface area contributed by atoms with E-state index in [4.69, 9.17) is 11.6 Å². The molecule has 1 aliphatic rings. The maximum atomic E-state index is 12.7. The second-order valence-electron chi connectivity index (χ2n) is 5.08. The molecule has 1 fully saturated rings. The first-order valence-corrected chi connectivity index (χ1v) is 9.92. The number of nitrogens with one attached hydrogen (secondary N) is 1. The van der Waals surface area contributed by atoms with Gasteiger partial charge in [0, 0.05) is 35.7 Å². The van der Waals surface area contributed by atoms with Crippen LogP contribution in [-0.2, 0) is 16.6 Å². The second kappa shape index (κ2) is 7.33. The van der Waals surface area contributed by atoms with E-state index in [-0.39, 0.29) is 0 Å². The molecule has 0 amide bonds. The molecule has 1 aliphatic heterocycles. The van der Waals surface area contributed by atoms with Crippen molar-refractivity contribution in [1.82, 2.24) is 9.62 Å². The molecule has 1 saturated heterocycles. The smallest absolute Gasteiger partial charge is 0.243 e. The molecule has 7 heteroatoms. The van der Waals surface area contributed by atoms with Gasteiger partial charge >= 0.3 is 0 Å². The first-order valence-electron chi connectivity index (χ1n) is 7.06. The lowest BCUT2D eigenvalue weighted by molar-refractivity contribution is 0.424.